The summed E-state index contributed by atoms with van der Waals surface area (Å²) in [5.74, 6) is -1.64. The fourth-order valence-corrected chi connectivity index (χ4v) is 3.59. The van der Waals surface area contributed by atoms with Crippen molar-refractivity contribution in [1.29, 1.82) is 0 Å². The van der Waals surface area contributed by atoms with Gasteiger partial charge in [-0.25, -0.2) is 4.39 Å². The maximum atomic E-state index is 13.9. The van der Waals surface area contributed by atoms with Gasteiger partial charge in [-0.2, -0.15) is 5.10 Å². The van der Waals surface area contributed by atoms with Gasteiger partial charge >= 0.3 is 5.97 Å². The van der Waals surface area contributed by atoms with E-state index in [1.54, 1.807) is 23.2 Å². The molecule has 2 heterocycles. The summed E-state index contributed by atoms with van der Waals surface area (Å²) in [5.41, 5.74) is 1.01. The van der Waals surface area contributed by atoms with Crippen LogP contribution in [0.3, 0.4) is 0 Å². The Labute approximate surface area is 155 Å². The first-order chi connectivity index (χ1) is 12.5. The topological polar surface area (TPSA) is 75.4 Å². The van der Waals surface area contributed by atoms with E-state index in [4.69, 9.17) is 16.7 Å². The molecule has 0 bridgehead atoms. The number of aliphatic carboxylic acids is 1. The Bertz CT molecular complexity index is 804. The van der Waals surface area contributed by atoms with E-state index in [9.17, 15) is 14.0 Å². The second-order valence-electron chi connectivity index (χ2n) is 6.36. The predicted octanol–water partition coefficient (Wildman–Crippen LogP) is 2.71. The molecule has 1 aromatic carbocycles. The van der Waals surface area contributed by atoms with Crippen LogP contribution < -0.4 is 0 Å². The van der Waals surface area contributed by atoms with Gasteiger partial charge in [-0.1, -0.05) is 17.7 Å². The monoisotopic (exact) mass is 379 g/mol. The van der Waals surface area contributed by atoms with Gasteiger partial charge in [0.2, 0.25) is 5.91 Å². The highest BCUT2D eigenvalue weighted by molar-refractivity contribution is 6.31. The second-order valence-corrected chi connectivity index (χ2v) is 6.77. The Morgan fingerprint density at radius 2 is 2.15 bits per heavy atom. The number of hydrogen-bond acceptors (Lipinski definition) is 3. The Balaban J connectivity index is 1.71. The van der Waals surface area contributed by atoms with Crippen molar-refractivity contribution < 1.29 is 19.1 Å². The number of rotatable bonds is 5. The summed E-state index contributed by atoms with van der Waals surface area (Å²) in [5, 5.41) is 13.3. The summed E-state index contributed by atoms with van der Waals surface area (Å²) in [6, 6.07) is 6.15. The Morgan fingerprint density at radius 1 is 1.35 bits per heavy atom. The van der Waals surface area contributed by atoms with E-state index >= 15 is 0 Å². The molecule has 0 saturated carbocycles. The summed E-state index contributed by atoms with van der Waals surface area (Å²) in [7, 11) is 0. The van der Waals surface area contributed by atoms with E-state index in [2.05, 4.69) is 5.10 Å². The van der Waals surface area contributed by atoms with Gasteiger partial charge < -0.3 is 10.0 Å². The third-order valence-corrected chi connectivity index (χ3v) is 4.97. The molecule has 1 aromatic heterocycles. The van der Waals surface area contributed by atoms with Crippen LogP contribution in [0.4, 0.5) is 4.39 Å². The molecule has 1 amide bonds. The molecule has 8 heteroatoms. The molecule has 3 rings (SSSR count). The number of carbonyl (C=O) groups excluding carboxylic acids is 1. The highest BCUT2D eigenvalue weighted by Crippen LogP contribution is 2.28. The minimum Gasteiger partial charge on any atom is -0.480 e. The van der Waals surface area contributed by atoms with Crippen LogP contribution in [0.25, 0.3) is 0 Å². The molecular weight excluding hydrogens is 361 g/mol. The zero-order valence-electron chi connectivity index (χ0n) is 14.1. The number of likely N-dealkylation sites (tertiary alicyclic amines) is 1. The minimum absolute atomic E-state index is 0.00522. The van der Waals surface area contributed by atoms with Crippen LogP contribution in [0, 0.1) is 5.82 Å². The molecule has 1 N–H and O–H groups in total. The summed E-state index contributed by atoms with van der Waals surface area (Å²) < 4.78 is 15.4. The third-order valence-electron chi connectivity index (χ3n) is 4.62. The molecule has 1 aliphatic rings. The quantitative estimate of drug-likeness (QED) is 0.866. The average molecular weight is 380 g/mol. The second kappa shape index (κ2) is 7.86. The van der Waals surface area contributed by atoms with Crippen LogP contribution in [0.2, 0.25) is 5.02 Å². The van der Waals surface area contributed by atoms with Crippen molar-refractivity contribution in [3.8, 4) is 0 Å². The average Bonchev–Trinajstić information content (AvgIpc) is 3.05. The van der Waals surface area contributed by atoms with Crippen molar-refractivity contribution in [3.05, 3.63) is 52.6 Å². The van der Waals surface area contributed by atoms with E-state index in [1.165, 1.54) is 16.8 Å². The lowest BCUT2D eigenvalue weighted by molar-refractivity contribution is -0.138. The Kier molecular flexibility index (Phi) is 5.56. The van der Waals surface area contributed by atoms with Gasteiger partial charge in [0.05, 0.1) is 6.42 Å². The molecular formula is C18H19ClFN3O3. The number of halogens is 2. The maximum Gasteiger partial charge on any atom is 0.325 e. The largest absolute Gasteiger partial charge is 0.480 e. The van der Waals surface area contributed by atoms with Gasteiger partial charge in [-0.3, -0.25) is 14.3 Å². The van der Waals surface area contributed by atoms with Gasteiger partial charge in [-0.05, 0) is 31.0 Å². The minimum atomic E-state index is -0.965. The molecule has 0 spiro atoms. The number of piperidine rings is 1. The van der Waals surface area contributed by atoms with Crippen LogP contribution in [0.15, 0.2) is 30.5 Å². The summed E-state index contributed by atoms with van der Waals surface area (Å²) >= 11 is 6.01. The van der Waals surface area contributed by atoms with Crippen LogP contribution in [-0.2, 0) is 22.6 Å². The van der Waals surface area contributed by atoms with Crippen LogP contribution >= 0.6 is 11.6 Å². The lowest BCUT2D eigenvalue weighted by atomic mass is 9.94. The lowest BCUT2D eigenvalue weighted by Gasteiger charge is -2.33. The van der Waals surface area contributed by atoms with Crippen molar-refractivity contribution >= 4 is 23.5 Å². The van der Waals surface area contributed by atoms with E-state index < -0.39 is 11.8 Å². The van der Waals surface area contributed by atoms with Crippen LogP contribution in [-0.4, -0.2) is 44.8 Å². The van der Waals surface area contributed by atoms with E-state index in [0.717, 1.165) is 18.5 Å². The maximum absolute atomic E-state index is 13.9. The number of benzene rings is 1. The Morgan fingerprint density at radius 3 is 2.88 bits per heavy atom. The fourth-order valence-electron chi connectivity index (χ4n) is 3.36. The summed E-state index contributed by atoms with van der Waals surface area (Å²) in [4.78, 5) is 25.3. The van der Waals surface area contributed by atoms with Gasteiger partial charge in [0.1, 0.15) is 12.4 Å². The van der Waals surface area contributed by atoms with Crippen molar-refractivity contribution in [1.82, 2.24) is 14.7 Å². The fraction of sp³-hybridized carbons (Fsp3) is 0.389. The van der Waals surface area contributed by atoms with Gasteiger partial charge in [-0.15, -0.1) is 0 Å². The molecule has 0 aliphatic carbocycles. The molecule has 1 fully saturated rings. The SMILES string of the molecule is O=C(O)Cn1nccc1[C@H]1CCCN(C(=O)Cc2c(F)cccc2Cl)C1. The number of carbonyl (C=O) groups is 2. The van der Waals surface area contributed by atoms with Gasteiger partial charge in [0.15, 0.2) is 0 Å². The van der Waals surface area contributed by atoms with E-state index in [1.807, 2.05) is 0 Å². The van der Waals surface area contributed by atoms with Gasteiger partial charge in [0.25, 0.3) is 0 Å². The summed E-state index contributed by atoms with van der Waals surface area (Å²) in [6.07, 6.45) is 3.11. The van der Waals surface area contributed by atoms with Crippen molar-refractivity contribution in [2.75, 3.05) is 13.1 Å². The zero-order valence-corrected chi connectivity index (χ0v) is 14.8. The van der Waals surface area contributed by atoms with Crippen molar-refractivity contribution in [2.45, 2.75) is 31.7 Å². The molecule has 1 aliphatic heterocycles. The number of aromatic nitrogens is 2. The third kappa shape index (κ3) is 4.04. The first-order valence-electron chi connectivity index (χ1n) is 8.40. The normalized spacial score (nSPS) is 17.3. The number of amides is 1. The van der Waals surface area contributed by atoms with Gasteiger partial charge in [0, 0.05) is 41.5 Å². The predicted molar refractivity (Wildman–Crippen MR) is 93.5 cm³/mol. The lowest BCUT2D eigenvalue weighted by Crippen LogP contribution is -2.40. The van der Waals surface area contributed by atoms with E-state index in [-0.39, 0.29) is 35.4 Å². The molecule has 0 unspecified atom stereocenters. The highest BCUT2D eigenvalue weighted by Gasteiger charge is 2.28. The summed E-state index contributed by atoms with van der Waals surface area (Å²) in [6.45, 7) is 0.836. The van der Waals surface area contributed by atoms with Crippen LogP contribution in [0.1, 0.15) is 30.0 Å². The van der Waals surface area contributed by atoms with E-state index in [0.29, 0.717) is 13.1 Å². The zero-order chi connectivity index (χ0) is 18.7. The molecule has 6 nitrogen and oxygen atoms in total. The number of nitrogens with zero attached hydrogens (tertiary/aromatic N) is 3. The standard InChI is InChI=1S/C18H19ClFN3O3/c19-14-4-1-5-15(20)13(14)9-17(24)22-8-2-3-12(10-22)16-6-7-21-23(16)11-18(25)26/h1,4-7,12H,2-3,8-11H2,(H,25,26)/t12-/m0/s1. The van der Waals surface area contributed by atoms with Crippen LogP contribution in [0.5, 0.6) is 0 Å². The first-order valence-corrected chi connectivity index (χ1v) is 8.77. The molecule has 1 atom stereocenters. The molecule has 2 aromatic rings. The Hall–Kier alpha value is -2.41. The van der Waals surface area contributed by atoms with Crippen molar-refractivity contribution in [3.63, 3.8) is 0 Å². The first kappa shape index (κ1) is 18.4. The molecule has 138 valence electrons. The highest BCUT2D eigenvalue weighted by atomic mass is 35.5. The number of hydrogen-bond donors (Lipinski definition) is 1. The molecule has 0 radical (unpaired) electrons. The molecule has 1 saturated heterocycles. The molecule has 26 heavy (non-hydrogen) atoms. The number of carboxylic acids is 1. The van der Waals surface area contributed by atoms with Crippen molar-refractivity contribution in [2.24, 2.45) is 0 Å². The number of carboxylic acid groups (broad SMARTS) is 1. The smallest absolute Gasteiger partial charge is 0.325 e.